The summed E-state index contributed by atoms with van der Waals surface area (Å²) in [4.78, 5) is 42.5. The third-order valence-corrected chi connectivity index (χ3v) is 6.74. The normalized spacial score (nSPS) is 11.2. The molecule has 0 radical (unpaired) electrons. The monoisotopic (exact) mass is 585 g/mol. The van der Waals surface area contributed by atoms with Gasteiger partial charge in [-0.2, -0.15) is 0 Å². The Labute approximate surface area is 253 Å². The lowest BCUT2D eigenvalue weighted by Crippen LogP contribution is -2.00. The van der Waals surface area contributed by atoms with Crippen molar-refractivity contribution < 1.29 is 24.4 Å². The molecule has 4 aromatic carbocycles. The fourth-order valence-corrected chi connectivity index (χ4v) is 4.60. The number of nitrogens with zero attached hydrogens (tertiary/aromatic N) is 2. The molecule has 1 heterocycles. The fraction of sp³-hybridized carbons (Fsp3) is 0.0571. The summed E-state index contributed by atoms with van der Waals surface area (Å²) in [5, 5.41) is 20.6. The van der Waals surface area contributed by atoms with Gasteiger partial charge in [0.05, 0.1) is 21.9 Å². The summed E-state index contributed by atoms with van der Waals surface area (Å²) < 4.78 is 5.35. The number of esters is 1. The Morgan fingerprint density at radius 2 is 1.55 bits per heavy atom. The number of aromatic amines is 1. The van der Waals surface area contributed by atoms with Gasteiger partial charge in [0.25, 0.3) is 5.69 Å². The number of H-pyrrole nitrogens is 1. The first-order valence-corrected chi connectivity index (χ1v) is 13.6. The molecular weight excluding hydrogens is 558 g/mol. The van der Waals surface area contributed by atoms with Crippen molar-refractivity contribution in [2.45, 2.75) is 13.5 Å². The predicted molar refractivity (Wildman–Crippen MR) is 168 cm³/mol. The molecule has 0 fully saturated rings. The molecule has 0 spiro atoms. The molecule has 1 aromatic heterocycles. The highest BCUT2D eigenvalue weighted by molar-refractivity contribution is 5.88. The number of aromatic nitrogens is 2. The maximum atomic E-state index is 12.3. The Morgan fingerprint density at radius 1 is 0.886 bits per heavy atom. The van der Waals surface area contributed by atoms with Crippen LogP contribution in [-0.2, 0) is 20.9 Å². The summed E-state index contributed by atoms with van der Waals surface area (Å²) in [6.45, 7) is 2.16. The van der Waals surface area contributed by atoms with E-state index in [1.54, 1.807) is 36.4 Å². The van der Waals surface area contributed by atoms with E-state index < -0.39 is 16.9 Å². The molecule has 218 valence electrons. The Morgan fingerprint density at radius 3 is 2.20 bits per heavy atom. The highest BCUT2D eigenvalue weighted by Crippen LogP contribution is 2.36. The quantitative estimate of drug-likeness (QED) is 0.0750. The standard InChI is InChI=1S/C35H27N3O6/c1-23-5-4-6-26(21-23)22-44-32(41)20-14-25-11-17-28(18-12-25)34-33(27-15-9-24(10-16-27)13-19-31(39)40)36-35(37-34)29-7-2-3-8-30(29)38(42)43/h2-21H,22H2,1H3,(H,36,37)(H,39,40). The fourth-order valence-electron chi connectivity index (χ4n) is 4.60. The van der Waals surface area contributed by atoms with Gasteiger partial charge in [-0.25, -0.2) is 14.6 Å². The second kappa shape index (κ2) is 13.3. The SMILES string of the molecule is Cc1cccc(COC(=O)C=Cc2ccc(-c3[nH]c(-c4ccccc4[N+](=O)[O-])nc3-c3ccc(C=CC(=O)O)cc3)cc2)c1. The topological polar surface area (TPSA) is 135 Å². The number of ether oxygens (including phenoxy) is 1. The minimum absolute atomic E-state index is 0.0803. The van der Waals surface area contributed by atoms with Gasteiger partial charge in [0.15, 0.2) is 0 Å². The Kier molecular flexibility index (Phi) is 8.86. The summed E-state index contributed by atoms with van der Waals surface area (Å²) in [6, 6.07) is 28.7. The molecule has 0 aliphatic heterocycles. The molecule has 44 heavy (non-hydrogen) atoms. The molecular formula is C35H27N3O6. The van der Waals surface area contributed by atoms with Gasteiger partial charge in [-0.05, 0) is 41.8 Å². The van der Waals surface area contributed by atoms with Crippen LogP contribution in [-0.4, -0.2) is 31.9 Å². The van der Waals surface area contributed by atoms with Crippen LogP contribution in [0.3, 0.4) is 0 Å². The molecule has 5 aromatic rings. The van der Waals surface area contributed by atoms with E-state index in [2.05, 4.69) is 4.98 Å². The van der Waals surface area contributed by atoms with Gasteiger partial charge in [0.2, 0.25) is 0 Å². The Hall–Kier alpha value is -6.09. The zero-order valence-corrected chi connectivity index (χ0v) is 23.6. The maximum absolute atomic E-state index is 12.3. The number of aliphatic carboxylic acids is 1. The highest BCUT2D eigenvalue weighted by atomic mass is 16.6. The second-order valence-electron chi connectivity index (χ2n) is 9.93. The molecule has 9 heteroatoms. The third kappa shape index (κ3) is 7.21. The maximum Gasteiger partial charge on any atom is 0.331 e. The molecule has 9 nitrogen and oxygen atoms in total. The van der Waals surface area contributed by atoms with Crippen LogP contribution in [0.2, 0.25) is 0 Å². The number of rotatable bonds is 10. The summed E-state index contributed by atoms with van der Waals surface area (Å²) in [5.74, 6) is -1.17. The molecule has 0 bridgehead atoms. The van der Waals surface area contributed by atoms with E-state index in [1.165, 1.54) is 18.2 Å². The minimum atomic E-state index is -1.05. The van der Waals surface area contributed by atoms with Crippen LogP contribution in [0.5, 0.6) is 0 Å². The van der Waals surface area contributed by atoms with E-state index in [4.69, 9.17) is 14.8 Å². The van der Waals surface area contributed by atoms with E-state index in [9.17, 15) is 19.7 Å². The lowest BCUT2D eigenvalue weighted by Gasteiger charge is -2.05. The number of benzene rings is 4. The van der Waals surface area contributed by atoms with Crippen molar-refractivity contribution in [3.63, 3.8) is 0 Å². The number of hydrogen-bond acceptors (Lipinski definition) is 6. The largest absolute Gasteiger partial charge is 0.478 e. The van der Waals surface area contributed by atoms with Crippen molar-refractivity contribution in [1.29, 1.82) is 0 Å². The Balaban J connectivity index is 1.42. The molecule has 0 saturated carbocycles. The summed E-state index contributed by atoms with van der Waals surface area (Å²) >= 11 is 0. The van der Waals surface area contributed by atoms with Gasteiger partial charge in [-0.1, -0.05) is 90.5 Å². The van der Waals surface area contributed by atoms with Crippen molar-refractivity contribution >= 4 is 29.8 Å². The first-order valence-electron chi connectivity index (χ1n) is 13.6. The minimum Gasteiger partial charge on any atom is -0.478 e. The number of nitro groups is 1. The van der Waals surface area contributed by atoms with Crippen LogP contribution < -0.4 is 0 Å². The van der Waals surface area contributed by atoms with E-state index in [0.29, 0.717) is 28.3 Å². The average molecular weight is 586 g/mol. The van der Waals surface area contributed by atoms with Crippen LogP contribution in [0, 0.1) is 17.0 Å². The van der Waals surface area contributed by atoms with Crippen molar-refractivity contribution in [3.8, 4) is 33.9 Å². The van der Waals surface area contributed by atoms with Crippen molar-refractivity contribution in [3.05, 3.63) is 142 Å². The highest BCUT2D eigenvalue weighted by Gasteiger charge is 2.21. The van der Waals surface area contributed by atoms with Gasteiger partial charge in [0, 0.05) is 29.3 Å². The zero-order chi connectivity index (χ0) is 31.1. The van der Waals surface area contributed by atoms with Crippen LogP contribution in [0.1, 0.15) is 22.3 Å². The number of carboxylic acid groups (broad SMARTS) is 1. The van der Waals surface area contributed by atoms with Gasteiger partial charge >= 0.3 is 11.9 Å². The zero-order valence-electron chi connectivity index (χ0n) is 23.6. The number of hydrogen-bond donors (Lipinski definition) is 2. The average Bonchev–Trinajstić information content (AvgIpc) is 3.48. The smallest absolute Gasteiger partial charge is 0.331 e. The molecule has 5 rings (SSSR count). The number of imidazole rings is 1. The van der Waals surface area contributed by atoms with E-state index >= 15 is 0 Å². The summed E-state index contributed by atoms with van der Waals surface area (Å²) in [5.41, 5.74) is 6.44. The van der Waals surface area contributed by atoms with Crippen LogP contribution in [0.4, 0.5) is 5.69 Å². The van der Waals surface area contributed by atoms with Crippen molar-refractivity contribution in [2.24, 2.45) is 0 Å². The first-order chi connectivity index (χ1) is 21.3. The number of nitro benzene ring substituents is 1. The van der Waals surface area contributed by atoms with Gasteiger partial charge in [-0.15, -0.1) is 0 Å². The summed E-state index contributed by atoms with van der Waals surface area (Å²) in [7, 11) is 0. The van der Waals surface area contributed by atoms with E-state index in [0.717, 1.165) is 33.9 Å². The van der Waals surface area contributed by atoms with Crippen LogP contribution >= 0.6 is 0 Å². The van der Waals surface area contributed by atoms with E-state index in [1.807, 2.05) is 67.6 Å². The van der Waals surface area contributed by atoms with Crippen molar-refractivity contribution in [2.75, 3.05) is 0 Å². The number of carbonyl (C=O) groups is 2. The second-order valence-corrected chi connectivity index (χ2v) is 9.93. The number of carboxylic acids is 1. The molecule has 0 aliphatic rings. The predicted octanol–water partition coefficient (Wildman–Crippen LogP) is 7.48. The summed E-state index contributed by atoms with van der Waals surface area (Å²) in [6.07, 6.45) is 5.58. The van der Waals surface area contributed by atoms with Crippen LogP contribution in [0.15, 0.2) is 109 Å². The first kappa shape index (κ1) is 29.4. The molecule has 2 N–H and O–H groups in total. The van der Waals surface area contributed by atoms with E-state index in [-0.39, 0.29) is 12.3 Å². The van der Waals surface area contributed by atoms with Gasteiger partial charge in [-0.3, -0.25) is 10.1 Å². The number of aryl methyl sites for hydroxylation is 1. The Bertz CT molecular complexity index is 1890. The van der Waals surface area contributed by atoms with Crippen molar-refractivity contribution in [1.82, 2.24) is 9.97 Å². The molecule has 0 amide bonds. The third-order valence-electron chi connectivity index (χ3n) is 6.74. The van der Waals surface area contributed by atoms with Gasteiger partial charge < -0.3 is 14.8 Å². The molecule has 0 unspecified atom stereocenters. The van der Waals surface area contributed by atoms with Gasteiger partial charge in [0.1, 0.15) is 12.4 Å². The number of para-hydroxylation sites is 1. The van der Waals surface area contributed by atoms with Crippen LogP contribution in [0.25, 0.3) is 46.1 Å². The number of carbonyl (C=O) groups excluding carboxylic acids is 1. The lowest BCUT2D eigenvalue weighted by atomic mass is 10.0. The molecule has 0 saturated heterocycles. The number of nitrogens with one attached hydrogen (secondary N) is 1. The molecule has 0 atom stereocenters. The molecule has 0 aliphatic carbocycles. The lowest BCUT2D eigenvalue weighted by molar-refractivity contribution is -0.384.